The lowest BCUT2D eigenvalue weighted by Crippen LogP contribution is -2.60. The summed E-state index contributed by atoms with van der Waals surface area (Å²) in [7, 11) is 0. The van der Waals surface area contributed by atoms with E-state index in [-0.39, 0.29) is 5.54 Å². The van der Waals surface area contributed by atoms with E-state index in [2.05, 4.69) is 5.32 Å². The summed E-state index contributed by atoms with van der Waals surface area (Å²) >= 11 is 0. The molecule has 0 aromatic heterocycles. The fourth-order valence-corrected chi connectivity index (χ4v) is 3.02. The summed E-state index contributed by atoms with van der Waals surface area (Å²) in [5.74, 6) is 0. The van der Waals surface area contributed by atoms with Gasteiger partial charge in [0.25, 0.3) is 0 Å². The Hall–Kier alpha value is -0.0800. The summed E-state index contributed by atoms with van der Waals surface area (Å²) in [5, 5.41) is 12.9. The maximum Gasteiger partial charge on any atom is 0.0613 e. The molecule has 0 aromatic carbocycles. The monoisotopic (exact) mass is 181 g/mol. The number of hydrogen-bond acceptors (Lipinski definition) is 2. The Morgan fingerprint density at radius 3 is 2.23 bits per heavy atom. The Morgan fingerprint density at radius 2 is 1.92 bits per heavy atom. The van der Waals surface area contributed by atoms with E-state index in [1.807, 2.05) is 0 Å². The van der Waals surface area contributed by atoms with Crippen molar-refractivity contribution in [2.75, 3.05) is 6.61 Å². The lowest BCUT2D eigenvalue weighted by Gasteiger charge is -2.57. The fourth-order valence-electron chi connectivity index (χ4n) is 3.02. The molecule has 0 aliphatic heterocycles. The number of nitrogens with one attached hydrogen (secondary N) is 1. The molecule has 1 unspecified atom stereocenters. The van der Waals surface area contributed by atoms with Gasteiger partial charge in [-0.05, 0) is 43.9 Å². The highest BCUT2D eigenvalue weighted by Crippen LogP contribution is 2.57. The average Bonchev–Trinajstić information content (AvgIpc) is 2.76. The first kappa shape index (κ1) is 8.25. The fraction of sp³-hybridized carbons (Fsp3) is 1.00. The second-order valence-electron chi connectivity index (χ2n) is 5.39. The third-order valence-corrected chi connectivity index (χ3v) is 4.66. The van der Waals surface area contributed by atoms with E-state index in [1.54, 1.807) is 0 Å². The van der Waals surface area contributed by atoms with Gasteiger partial charge >= 0.3 is 0 Å². The highest BCUT2D eigenvalue weighted by Gasteiger charge is 2.54. The van der Waals surface area contributed by atoms with Gasteiger partial charge in [0, 0.05) is 11.6 Å². The Labute approximate surface area is 79.7 Å². The summed E-state index contributed by atoms with van der Waals surface area (Å²) < 4.78 is 0. The molecule has 13 heavy (non-hydrogen) atoms. The molecule has 2 N–H and O–H groups in total. The van der Waals surface area contributed by atoms with Gasteiger partial charge in [-0.3, -0.25) is 0 Å². The van der Waals surface area contributed by atoms with E-state index < -0.39 is 0 Å². The molecule has 2 nitrogen and oxygen atoms in total. The normalized spacial score (nSPS) is 38.1. The van der Waals surface area contributed by atoms with Gasteiger partial charge in [0.2, 0.25) is 0 Å². The standard InChI is InChI=1S/C11H19NO/c13-8-11(6-7-11)12-9-2-5-10(9)3-1-4-10/h9,12-13H,1-8H2. The smallest absolute Gasteiger partial charge is 0.0613 e. The first-order valence-corrected chi connectivity index (χ1v) is 5.67. The van der Waals surface area contributed by atoms with Crippen LogP contribution in [0.3, 0.4) is 0 Å². The highest BCUT2D eigenvalue weighted by molar-refractivity contribution is 5.11. The second kappa shape index (κ2) is 2.48. The summed E-state index contributed by atoms with van der Waals surface area (Å²) in [6.07, 6.45) is 9.47. The minimum Gasteiger partial charge on any atom is -0.394 e. The van der Waals surface area contributed by atoms with Crippen molar-refractivity contribution < 1.29 is 5.11 Å². The van der Waals surface area contributed by atoms with Gasteiger partial charge in [-0.25, -0.2) is 0 Å². The second-order valence-corrected chi connectivity index (χ2v) is 5.39. The topological polar surface area (TPSA) is 32.3 Å². The maximum atomic E-state index is 9.22. The van der Waals surface area contributed by atoms with Crippen LogP contribution >= 0.6 is 0 Å². The first-order chi connectivity index (χ1) is 6.29. The highest BCUT2D eigenvalue weighted by atomic mass is 16.3. The molecule has 0 bridgehead atoms. The SMILES string of the molecule is OCC1(NC2CCC23CCC3)CC1. The minimum absolute atomic E-state index is 0.160. The first-order valence-electron chi connectivity index (χ1n) is 5.67. The van der Waals surface area contributed by atoms with E-state index >= 15 is 0 Å². The molecule has 2 heteroatoms. The van der Waals surface area contributed by atoms with Gasteiger partial charge in [-0.2, -0.15) is 0 Å². The van der Waals surface area contributed by atoms with E-state index in [1.165, 1.54) is 44.9 Å². The Balaban J connectivity index is 1.61. The molecule has 3 aliphatic rings. The lowest BCUT2D eigenvalue weighted by molar-refractivity contribution is -0.0283. The average molecular weight is 181 g/mol. The third kappa shape index (κ3) is 1.08. The van der Waals surface area contributed by atoms with Crippen molar-refractivity contribution in [3.8, 4) is 0 Å². The third-order valence-electron chi connectivity index (χ3n) is 4.66. The zero-order valence-corrected chi connectivity index (χ0v) is 8.18. The van der Waals surface area contributed by atoms with Crippen molar-refractivity contribution in [3.05, 3.63) is 0 Å². The van der Waals surface area contributed by atoms with Crippen LogP contribution in [0.1, 0.15) is 44.9 Å². The van der Waals surface area contributed by atoms with Crippen LogP contribution in [0.4, 0.5) is 0 Å². The van der Waals surface area contributed by atoms with Crippen LogP contribution < -0.4 is 5.32 Å². The maximum absolute atomic E-state index is 9.22. The summed E-state index contributed by atoms with van der Waals surface area (Å²) in [4.78, 5) is 0. The van der Waals surface area contributed by atoms with Crippen molar-refractivity contribution in [1.29, 1.82) is 0 Å². The van der Waals surface area contributed by atoms with E-state index in [0.717, 1.165) is 6.04 Å². The van der Waals surface area contributed by atoms with Gasteiger partial charge in [0.05, 0.1) is 6.61 Å². The molecule has 0 aromatic rings. The van der Waals surface area contributed by atoms with Gasteiger partial charge < -0.3 is 10.4 Å². The number of rotatable bonds is 3. The molecule has 0 saturated heterocycles. The molecule has 3 aliphatic carbocycles. The zero-order chi connectivity index (χ0) is 8.94. The van der Waals surface area contributed by atoms with Crippen LogP contribution in [0.25, 0.3) is 0 Å². The summed E-state index contributed by atoms with van der Waals surface area (Å²) in [6, 6.07) is 0.746. The Kier molecular flexibility index (Phi) is 1.58. The molecule has 0 amide bonds. The van der Waals surface area contributed by atoms with Crippen LogP contribution in [0, 0.1) is 5.41 Å². The quantitative estimate of drug-likeness (QED) is 0.690. The molecular weight excluding hydrogens is 162 g/mol. The molecule has 0 heterocycles. The van der Waals surface area contributed by atoms with Gasteiger partial charge in [-0.15, -0.1) is 0 Å². The van der Waals surface area contributed by atoms with Crippen molar-refractivity contribution in [2.24, 2.45) is 5.41 Å². The van der Waals surface area contributed by atoms with Crippen molar-refractivity contribution >= 4 is 0 Å². The van der Waals surface area contributed by atoms with Crippen LogP contribution in [-0.4, -0.2) is 23.3 Å². The molecule has 1 atom stereocenters. The van der Waals surface area contributed by atoms with Gasteiger partial charge in [0.1, 0.15) is 0 Å². The van der Waals surface area contributed by atoms with Crippen molar-refractivity contribution in [1.82, 2.24) is 5.32 Å². The molecule has 74 valence electrons. The number of aliphatic hydroxyl groups excluding tert-OH is 1. The molecule has 3 fully saturated rings. The Morgan fingerprint density at radius 1 is 1.15 bits per heavy atom. The Bertz CT molecular complexity index is 213. The molecule has 3 rings (SSSR count). The molecule has 1 spiro atoms. The molecule has 0 radical (unpaired) electrons. The summed E-state index contributed by atoms with van der Waals surface area (Å²) in [5.41, 5.74) is 0.846. The van der Waals surface area contributed by atoms with Crippen molar-refractivity contribution in [3.63, 3.8) is 0 Å². The van der Waals surface area contributed by atoms with Crippen LogP contribution in [0.15, 0.2) is 0 Å². The minimum atomic E-state index is 0.160. The van der Waals surface area contributed by atoms with Crippen LogP contribution in [0.5, 0.6) is 0 Å². The molecule has 3 saturated carbocycles. The van der Waals surface area contributed by atoms with E-state index in [0.29, 0.717) is 12.0 Å². The number of hydrogen-bond donors (Lipinski definition) is 2. The summed E-state index contributed by atoms with van der Waals surface area (Å²) in [6.45, 7) is 0.347. The van der Waals surface area contributed by atoms with Crippen LogP contribution in [0.2, 0.25) is 0 Å². The zero-order valence-electron chi connectivity index (χ0n) is 8.18. The predicted octanol–water partition coefficient (Wildman–Crippen LogP) is 1.43. The predicted molar refractivity (Wildman–Crippen MR) is 51.5 cm³/mol. The van der Waals surface area contributed by atoms with Crippen molar-refractivity contribution in [2.45, 2.75) is 56.5 Å². The van der Waals surface area contributed by atoms with Gasteiger partial charge in [0.15, 0.2) is 0 Å². The van der Waals surface area contributed by atoms with E-state index in [4.69, 9.17) is 0 Å². The van der Waals surface area contributed by atoms with E-state index in [9.17, 15) is 5.11 Å². The lowest BCUT2D eigenvalue weighted by atomic mass is 9.53. The van der Waals surface area contributed by atoms with Gasteiger partial charge in [-0.1, -0.05) is 6.42 Å². The number of aliphatic hydroxyl groups is 1. The van der Waals surface area contributed by atoms with Crippen LogP contribution in [-0.2, 0) is 0 Å². The largest absolute Gasteiger partial charge is 0.394 e. The molecular formula is C11H19NO.